The van der Waals surface area contributed by atoms with Crippen LogP contribution in [0.4, 0.5) is 0 Å². The standard InChI is InChI=1S/C10H16N4S/c1-8(5-11-9-3-4-9)6-15-10-13-12-7-14(10)2/h7,9,11H,1,3-6H2,2H3. The molecule has 1 heterocycles. The molecule has 0 spiro atoms. The van der Waals surface area contributed by atoms with E-state index < -0.39 is 0 Å². The van der Waals surface area contributed by atoms with Crippen molar-refractivity contribution in [3.63, 3.8) is 0 Å². The van der Waals surface area contributed by atoms with E-state index >= 15 is 0 Å². The number of aromatic nitrogens is 3. The van der Waals surface area contributed by atoms with Crippen molar-refractivity contribution in [3.05, 3.63) is 18.5 Å². The van der Waals surface area contributed by atoms with Gasteiger partial charge in [-0.3, -0.25) is 0 Å². The Kier molecular flexibility index (Phi) is 3.43. The molecule has 15 heavy (non-hydrogen) atoms. The SMILES string of the molecule is C=C(CNC1CC1)CSc1nncn1C. The number of nitrogens with zero attached hydrogens (tertiary/aromatic N) is 3. The van der Waals surface area contributed by atoms with Crippen LogP contribution in [0.25, 0.3) is 0 Å². The average Bonchev–Trinajstić information content (AvgIpc) is 2.96. The van der Waals surface area contributed by atoms with Crippen LogP contribution in [0.15, 0.2) is 23.6 Å². The lowest BCUT2D eigenvalue weighted by atomic mass is 10.3. The molecule has 1 saturated carbocycles. The van der Waals surface area contributed by atoms with E-state index in [2.05, 4.69) is 22.1 Å². The number of hydrogen-bond donors (Lipinski definition) is 1. The summed E-state index contributed by atoms with van der Waals surface area (Å²) in [6.07, 6.45) is 4.36. The highest BCUT2D eigenvalue weighted by molar-refractivity contribution is 7.99. The molecule has 0 saturated heterocycles. The Hall–Kier alpha value is -0.810. The second-order valence-corrected chi connectivity index (χ2v) is 4.86. The van der Waals surface area contributed by atoms with Crippen LogP contribution >= 0.6 is 11.8 Å². The maximum absolute atomic E-state index is 4.04. The summed E-state index contributed by atoms with van der Waals surface area (Å²) in [6.45, 7) is 4.97. The molecule has 0 unspecified atom stereocenters. The number of rotatable bonds is 6. The molecule has 4 nitrogen and oxygen atoms in total. The third-order valence-corrected chi connectivity index (χ3v) is 3.47. The van der Waals surface area contributed by atoms with Gasteiger partial charge >= 0.3 is 0 Å². The maximum Gasteiger partial charge on any atom is 0.191 e. The predicted molar refractivity (Wildman–Crippen MR) is 61.9 cm³/mol. The first-order chi connectivity index (χ1) is 7.25. The van der Waals surface area contributed by atoms with Crippen molar-refractivity contribution in [3.8, 4) is 0 Å². The fourth-order valence-corrected chi connectivity index (χ4v) is 1.99. The predicted octanol–water partition coefficient (Wildman–Crippen LogP) is 1.22. The van der Waals surface area contributed by atoms with E-state index in [-0.39, 0.29) is 0 Å². The molecule has 0 atom stereocenters. The van der Waals surface area contributed by atoms with E-state index in [1.807, 2.05) is 11.6 Å². The summed E-state index contributed by atoms with van der Waals surface area (Å²) in [5.74, 6) is 0.909. The van der Waals surface area contributed by atoms with Crippen LogP contribution < -0.4 is 5.32 Å². The molecule has 0 amide bonds. The molecule has 1 N–H and O–H groups in total. The Bertz CT molecular complexity index is 343. The quantitative estimate of drug-likeness (QED) is 0.583. The lowest BCUT2D eigenvalue weighted by molar-refractivity contribution is 0.735. The van der Waals surface area contributed by atoms with Gasteiger partial charge in [0, 0.05) is 25.4 Å². The molecule has 2 rings (SSSR count). The smallest absolute Gasteiger partial charge is 0.191 e. The van der Waals surface area contributed by atoms with Gasteiger partial charge in [-0.1, -0.05) is 23.9 Å². The average molecular weight is 224 g/mol. The summed E-state index contributed by atoms with van der Waals surface area (Å²) in [5.41, 5.74) is 1.22. The third-order valence-electron chi connectivity index (χ3n) is 2.29. The van der Waals surface area contributed by atoms with Gasteiger partial charge in [-0.2, -0.15) is 0 Å². The van der Waals surface area contributed by atoms with Crippen molar-refractivity contribution in [2.75, 3.05) is 12.3 Å². The molecular weight excluding hydrogens is 208 g/mol. The van der Waals surface area contributed by atoms with Crippen molar-refractivity contribution in [1.29, 1.82) is 0 Å². The van der Waals surface area contributed by atoms with Crippen molar-refractivity contribution < 1.29 is 0 Å². The van der Waals surface area contributed by atoms with Crippen LogP contribution in [0.2, 0.25) is 0 Å². The largest absolute Gasteiger partial charge is 0.312 e. The Morgan fingerprint density at radius 1 is 1.73 bits per heavy atom. The van der Waals surface area contributed by atoms with Gasteiger partial charge in [-0.15, -0.1) is 10.2 Å². The van der Waals surface area contributed by atoms with Gasteiger partial charge in [-0.25, -0.2) is 0 Å². The second kappa shape index (κ2) is 4.81. The molecular formula is C10H16N4S. The highest BCUT2D eigenvalue weighted by atomic mass is 32.2. The van der Waals surface area contributed by atoms with Crippen LogP contribution in [0, 0.1) is 0 Å². The number of nitrogens with one attached hydrogen (secondary N) is 1. The maximum atomic E-state index is 4.04. The molecule has 5 heteroatoms. The molecule has 1 aliphatic rings. The first-order valence-electron chi connectivity index (χ1n) is 5.12. The third kappa shape index (κ3) is 3.35. The molecule has 1 aromatic heterocycles. The summed E-state index contributed by atoms with van der Waals surface area (Å²) >= 11 is 1.68. The molecule has 82 valence electrons. The summed E-state index contributed by atoms with van der Waals surface area (Å²) in [5, 5.41) is 12.2. The van der Waals surface area contributed by atoms with E-state index in [0.717, 1.165) is 23.5 Å². The van der Waals surface area contributed by atoms with E-state index in [0.29, 0.717) is 0 Å². The molecule has 1 aromatic rings. The molecule has 0 aliphatic heterocycles. The van der Waals surface area contributed by atoms with Gasteiger partial charge in [0.25, 0.3) is 0 Å². The molecule has 1 aliphatic carbocycles. The van der Waals surface area contributed by atoms with Crippen molar-refractivity contribution in [2.24, 2.45) is 7.05 Å². The number of hydrogen-bond acceptors (Lipinski definition) is 4. The Labute approximate surface area is 94.2 Å². The number of thioether (sulfide) groups is 1. The van der Waals surface area contributed by atoms with Gasteiger partial charge in [0.1, 0.15) is 6.33 Å². The van der Waals surface area contributed by atoms with Gasteiger partial charge < -0.3 is 9.88 Å². The minimum Gasteiger partial charge on any atom is -0.312 e. The van der Waals surface area contributed by atoms with E-state index in [9.17, 15) is 0 Å². The van der Waals surface area contributed by atoms with E-state index in [1.165, 1.54) is 18.4 Å². The molecule has 1 fully saturated rings. The van der Waals surface area contributed by atoms with E-state index in [4.69, 9.17) is 0 Å². The van der Waals surface area contributed by atoms with Gasteiger partial charge in [-0.05, 0) is 12.8 Å². The minimum atomic E-state index is 0.751. The highest BCUT2D eigenvalue weighted by Gasteiger charge is 2.20. The molecule has 0 radical (unpaired) electrons. The second-order valence-electron chi connectivity index (χ2n) is 3.92. The monoisotopic (exact) mass is 224 g/mol. The zero-order valence-electron chi connectivity index (χ0n) is 8.94. The van der Waals surface area contributed by atoms with E-state index in [1.54, 1.807) is 18.1 Å². The molecule has 0 aromatic carbocycles. The molecule has 0 bridgehead atoms. The van der Waals surface area contributed by atoms with Gasteiger partial charge in [0.2, 0.25) is 0 Å². The zero-order valence-corrected chi connectivity index (χ0v) is 9.76. The van der Waals surface area contributed by atoms with Crippen LogP contribution in [0.3, 0.4) is 0 Å². The Morgan fingerprint density at radius 2 is 2.53 bits per heavy atom. The summed E-state index contributed by atoms with van der Waals surface area (Å²) in [4.78, 5) is 0. The van der Waals surface area contributed by atoms with Crippen LogP contribution in [-0.4, -0.2) is 33.1 Å². The summed E-state index contributed by atoms with van der Waals surface area (Å²) < 4.78 is 1.92. The Morgan fingerprint density at radius 3 is 3.13 bits per heavy atom. The fraction of sp³-hybridized carbons (Fsp3) is 0.600. The normalized spacial score (nSPS) is 15.5. The number of aryl methyl sites for hydroxylation is 1. The van der Waals surface area contributed by atoms with Crippen molar-refractivity contribution >= 4 is 11.8 Å². The highest BCUT2D eigenvalue weighted by Crippen LogP contribution is 2.20. The zero-order chi connectivity index (χ0) is 10.7. The first kappa shape index (κ1) is 10.7. The minimum absolute atomic E-state index is 0.751. The fourth-order valence-electron chi connectivity index (χ4n) is 1.20. The summed E-state index contributed by atoms with van der Waals surface area (Å²) in [7, 11) is 1.95. The van der Waals surface area contributed by atoms with Crippen LogP contribution in [0.1, 0.15) is 12.8 Å². The first-order valence-corrected chi connectivity index (χ1v) is 6.11. The topological polar surface area (TPSA) is 42.7 Å². The van der Waals surface area contributed by atoms with Crippen LogP contribution in [-0.2, 0) is 7.05 Å². The lowest BCUT2D eigenvalue weighted by Crippen LogP contribution is -2.19. The van der Waals surface area contributed by atoms with Crippen molar-refractivity contribution in [2.45, 2.75) is 24.0 Å². The van der Waals surface area contributed by atoms with Crippen LogP contribution in [0.5, 0.6) is 0 Å². The van der Waals surface area contributed by atoms with Gasteiger partial charge in [0.05, 0.1) is 0 Å². The Balaban J connectivity index is 1.68. The van der Waals surface area contributed by atoms with Gasteiger partial charge in [0.15, 0.2) is 5.16 Å². The lowest BCUT2D eigenvalue weighted by Gasteiger charge is -2.05. The summed E-state index contributed by atoms with van der Waals surface area (Å²) in [6, 6.07) is 0.751. The van der Waals surface area contributed by atoms with Crippen molar-refractivity contribution in [1.82, 2.24) is 20.1 Å².